The first kappa shape index (κ1) is 20.4. The monoisotopic (exact) mass is 435 g/mol. The van der Waals surface area contributed by atoms with Gasteiger partial charge in [0.05, 0.1) is 29.2 Å². The maximum absolute atomic E-state index is 14.8. The van der Waals surface area contributed by atoms with Crippen LogP contribution < -0.4 is 16.1 Å². The molecule has 0 radical (unpaired) electrons. The molecule has 1 amide bonds. The van der Waals surface area contributed by atoms with E-state index < -0.39 is 5.82 Å². The number of fused-ring (bicyclic) bond motifs is 1. The molecular weight excluding hydrogens is 409 g/mol. The number of benzene rings is 1. The van der Waals surface area contributed by atoms with Gasteiger partial charge in [-0.15, -0.1) is 0 Å². The molecule has 1 unspecified atom stereocenters. The van der Waals surface area contributed by atoms with Gasteiger partial charge in [-0.2, -0.15) is 5.10 Å². The van der Waals surface area contributed by atoms with Crippen molar-refractivity contribution in [3.05, 3.63) is 47.7 Å². The standard InChI is InChI=1S/C23H26FN7O/c1-13(2)10-25-21-22-26-11-20(31(22)12-19(29-21)18-7-8-27-30-18)14-3-6-16(17(24)9-14)23(32)28-15-4-5-15/h3,6,8-9,11-13,15,18,30H,4-5,7,10H2,1-2H3,(H,25,29)(H,28,32). The molecule has 1 aliphatic heterocycles. The van der Waals surface area contributed by atoms with E-state index in [-0.39, 0.29) is 23.6 Å². The van der Waals surface area contributed by atoms with E-state index in [0.717, 1.165) is 37.2 Å². The molecule has 5 rings (SSSR count). The molecule has 0 spiro atoms. The lowest BCUT2D eigenvalue weighted by molar-refractivity contribution is 0.0947. The quantitative estimate of drug-likeness (QED) is 0.528. The molecule has 3 heterocycles. The molecule has 1 saturated carbocycles. The Kier molecular flexibility index (Phi) is 5.24. The van der Waals surface area contributed by atoms with Crippen molar-refractivity contribution in [1.82, 2.24) is 25.1 Å². The number of nitrogens with one attached hydrogen (secondary N) is 3. The highest BCUT2D eigenvalue weighted by Gasteiger charge is 2.25. The molecule has 1 aliphatic carbocycles. The van der Waals surface area contributed by atoms with Gasteiger partial charge < -0.3 is 16.1 Å². The van der Waals surface area contributed by atoms with Crippen LogP contribution in [0.5, 0.6) is 0 Å². The molecule has 0 bridgehead atoms. The van der Waals surface area contributed by atoms with Crippen molar-refractivity contribution in [3.63, 3.8) is 0 Å². The fourth-order valence-corrected chi connectivity index (χ4v) is 3.70. The molecule has 1 fully saturated rings. The second-order valence-electron chi connectivity index (χ2n) is 8.80. The number of hydrogen-bond acceptors (Lipinski definition) is 6. The number of carbonyl (C=O) groups excluding carboxylic acids is 1. The summed E-state index contributed by atoms with van der Waals surface area (Å²) in [5, 5.41) is 10.3. The average Bonchev–Trinajstić information content (AvgIpc) is 3.25. The number of hydrazone groups is 1. The van der Waals surface area contributed by atoms with Crippen molar-refractivity contribution in [2.45, 2.75) is 45.2 Å². The molecular formula is C23H26FN7O. The normalized spacial score (nSPS) is 17.7. The Morgan fingerprint density at radius 2 is 2.19 bits per heavy atom. The zero-order chi connectivity index (χ0) is 22.2. The lowest BCUT2D eigenvalue weighted by Gasteiger charge is -2.15. The van der Waals surface area contributed by atoms with Crippen molar-refractivity contribution >= 4 is 23.6 Å². The first-order chi connectivity index (χ1) is 15.5. The van der Waals surface area contributed by atoms with Gasteiger partial charge in [-0.3, -0.25) is 9.20 Å². The third-order valence-electron chi connectivity index (χ3n) is 5.63. The summed E-state index contributed by atoms with van der Waals surface area (Å²) in [7, 11) is 0. The fourth-order valence-electron chi connectivity index (χ4n) is 3.70. The minimum Gasteiger partial charge on any atom is -0.367 e. The van der Waals surface area contributed by atoms with Gasteiger partial charge in [-0.25, -0.2) is 14.4 Å². The summed E-state index contributed by atoms with van der Waals surface area (Å²) in [6.45, 7) is 5.00. The molecule has 32 heavy (non-hydrogen) atoms. The Hall–Kier alpha value is -3.49. The van der Waals surface area contributed by atoms with Crippen molar-refractivity contribution < 1.29 is 9.18 Å². The lowest BCUT2D eigenvalue weighted by Crippen LogP contribution is -2.26. The number of carbonyl (C=O) groups is 1. The maximum Gasteiger partial charge on any atom is 0.254 e. The van der Waals surface area contributed by atoms with Gasteiger partial charge in [-0.05, 0) is 30.9 Å². The van der Waals surface area contributed by atoms with E-state index in [1.54, 1.807) is 12.3 Å². The van der Waals surface area contributed by atoms with Crippen LogP contribution in [0.15, 0.2) is 35.7 Å². The van der Waals surface area contributed by atoms with Gasteiger partial charge in [0.1, 0.15) is 5.82 Å². The summed E-state index contributed by atoms with van der Waals surface area (Å²) in [4.78, 5) is 21.6. The zero-order valence-corrected chi connectivity index (χ0v) is 18.1. The van der Waals surface area contributed by atoms with Gasteiger partial charge in [0, 0.05) is 37.0 Å². The Labute approximate surface area is 185 Å². The highest BCUT2D eigenvalue weighted by atomic mass is 19.1. The molecule has 8 nitrogen and oxygen atoms in total. The molecule has 0 saturated heterocycles. The van der Waals surface area contributed by atoms with E-state index in [4.69, 9.17) is 4.98 Å². The summed E-state index contributed by atoms with van der Waals surface area (Å²) in [5.41, 5.74) is 5.98. The maximum atomic E-state index is 14.8. The van der Waals surface area contributed by atoms with Crippen molar-refractivity contribution in [2.24, 2.45) is 11.0 Å². The fraction of sp³-hybridized carbons (Fsp3) is 0.391. The SMILES string of the molecule is CC(C)CNc1nc(C2CC=NN2)cn2c(-c3ccc(C(=O)NC4CC4)c(F)c3)cnc12. The predicted octanol–water partition coefficient (Wildman–Crippen LogP) is 3.52. The van der Waals surface area contributed by atoms with Crippen LogP contribution in [0.3, 0.4) is 0 Å². The average molecular weight is 436 g/mol. The predicted molar refractivity (Wildman–Crippen MR) is 121 cm³/mol. The van der Waals surface area contributed by atoms with Crippen LogP contribution in [-0.2, 0) is 0 Å². The van der Waals surface area contributed by atoms with Gasteiger partial charge in [0.2, 0.25) is 0 Å². The van der Waals surface area contributed by atoms with Crippen LogP contribution in [0.2, 0.25) is 0 Å². The number of nitrogens with zero attached hydrogens (tertiary/aromatic N) is 4. The van der Waals surface area contributed by atoms with E-state index in [2.05, 4.69) is 40.0 Å². The number of anilines is 1. The Bertz CT molecular complexity index is 1190. The highest BCUT2D eigenvalue weighted by molar-refractivity contribution is 5.95. The Balaban J connectivity index is 1.53. The van der Waals surface area contributed by atoms with Crippen LogP contribution in [0.4, 0.5) is 10.2 Å². The molecule has 166 valence electrons. The summed E-state index contributed by atoms with van der Waals surface area (Å²) in [5.74, 6) is 0.200. The van der Waals surface area contributed by atoms with E-state index in [1.807, 2.05) is 16.8 Å². The van der Waals surface area contributed by atoms with Crippen molar-refractivity contribution in [1.29, 1.82) is 0 Å². The zero-order valence-electron chi connectivity index (χ0n) is 18.1. The summed E-state index contributed by atoms with van der Waals surface area (Å²) >= 11 is 0. The number of imidazole rings is 1. The molecule has 9 heteroatoms. The lowest BCUT2D eigenvalue weighted by atomic mass is 10.1. The van der Waals surface area contributed by atoms with E-state index in [1.165, 1.54) is 12.1 Å². The van der Waals surface area contributed by atoms with Crippen LogP contribution in [-0.4, -0.2) is 39.1 Å². The molecule has 2 aliphatic rings. The van der Waals surface area contributed by atoms with Crippen LogP contribution in [0, 0.1) is 11.7 Å². The van der Waals surface area contributed by atoms with Crippen molar-refractivity contribution in [3.8, 4) is 11.3 Å². The van der Waals surface area contributed by atoms with Gasteiger partial charge in [0.15, 0.2) is 11.5 Å². The summed E-state index contributed by atoms with van der Waals surface area (Å²) in [6.07, 6.45) is 8.10. The van der Waals surface area contributed by atoms with E-state index in [0.29, 0.717) is 22.9 Å². The minimum absolute atomic E-state index is 0.0283. The van der Waals surface area contributed by atoms with Gasteiger partial charge in [0.25, 0.3) is 5.91 Å². The summed E-state index contributed by atoms with van der Waals surface area (Å²) < 4.78 is 16.8. The second kappa shape index (κ2) is 8.22. The Morgan fingerprint density at radius 3 is 2.88 bits per heavy atom. The van der Waals surface area contributed by atoms with Crippen molar-refractivity contribution in [2.75, 3.05) is 11.9 Å². The number of aromatic nitrogens is 3. The topological polar surface area (TPSA) is 95.7 Å². The highest BCUT2D eigenvalue weighted by Crippen LogP contribution is 2.29. The number of rotatable bonds is 7. The van der Waals surface area contributed by atoms with Crippen LogP contribution in [0.1, 0.15) is 55.2 Å². The number of halogens is 1. The minimum atomic E-state index is -0.547. The smallest absolute Gasteiger partial charge is 0.254 e. The Morgan fingerprint density at radius 1 is 1.34 bits per heavy atom. The largest absolute Gasteiger partial charge is 0.367 e. The van der Waals surface area contributed by atoms with Gasteiger partial charge in [-0.1, -0.05) is 19.9 Å². The molecule has 1 atom stereocenters. The first-order valence-corrected chi connectivity index (χ1v) is 11.0. The third kappa shape index (κ3) is 4.02. The first-order valence-electron chi connectivity index (χ1n) is 11.0. The number of hydrogen-bond donors (Lipinski definition) is 3. The van der Waals surface area contributed by atoms with Crippen LogP contribution >= 0.6 is 0 Å². The van der Waals surface area contributed by atoms with E-state index in [9.17, 15) is 9.18 Å². The van der Waals surface area contributed by atoms with Gasteiger partial charge >= 0.3 is 0 Å². The second-order valence-corrected chi connectivity index (χ2v) is 8.80. The molecule has 2 aromatic heterocycles. The molecule has 3 aromatic rings. The third-order valence-corrected chi connectivity index (χ3v) is 5.63. The van der Waals surface area contributed by atoms with E-state index >= 15 is 0 Å². The van der Waals surface area contributed by atoms with Crippen LogP contribution in [0.25, 0.3) is 16.9 Å². The summed E-state index contributed by atoms with van der Waals surface area (Å²) in [6, 6.07) is 4.83. The number of amides is 1. The molecule has 3 N–H and O–H groups in total. The molecule has 1 aromatic carbocycles.